The summed E-state index contributed by atoms with van der Waals surface area (Å²) in [5.74, 6) is 2.11. The van der Waals surface area contributed by atoms with E-state index < -0.39 is 0 Å². The largest absolute Gasteiger partial charge is 0 e. The van der Waals surface area contributed by atoms with E-state index in [2.05, 4.69) is 5.93 Å². The maximum atomic E-state index is 2.11. The Morgan fingerprint density at radius 1 is 1.25 bits per heavy atom. The van der Waals surface area contributed by atoms with E-state index in [1.54, 1.807) is 0 Å². The second kappa shape index (κ2) is 19.0. The molecule has 0 aromatic heterocycles. The van der Waals surface area contributed by atoms with E-state index in [1.165, 1.54) is 20.9 Å². The Hall–Kier alpha value is 2.19. The summed E-state index contributed by atoms with van der Waals surface area (Å²) in [6.07, 6.45) is 0. The van der Waals surface area contributed by atoms with Gasteiger partial charge in [0.2, 0.25) is 0 Å². The van der Waals surface area contributed by atoms with Crippen LogP contribution >= 0.6 is 0 Å². The summed E-state index contributed by atoms with van der Waals surface area (Å²) >= 11 is 1.44. The first-order valence-corrected chi connectivity index (χ1v) is 3.66. The van der Waals surface area contributed by atoms with Gasteiger partial charge >= 0.3 is 26.8 Å². The maximum Gasteiger partial charge on any atom is 0 e. The van der Waals surface area contributed by atoms with Crippen LogP contribution in [0.2, 0.25) is 0 Å². The molecule has 0 atom stereocenters. The second-order valence-corrected chi connectivity index (χ2v) is 0. The Bertz CT molecular complexity index is 8.00. The molecule has 0 bridgehead atoms. The first kappa shape index (κ1) is 16.4. The van der Waals surface area contributed by atoms with Crippen LogP contribution < -0.4 is 0 Å². The van der Waals surface area contributed by atoms with Crippen molar-refractivity contribution >= 4 is 5.93 Å². The van der Waals surface area contributed by atoms with Gasteiger partial charge in [0.1, 0.15) is 0 Å². The quantitative estimate of drug-likeness (QED) is 0.499. The Kier molecular flexibility index (Phi) is 77.7. The van der Waals surface area contributed by atoms with E-state index in [0.29, 0.717) is 0 Å². The van der Waals surface area contributed by atoms with E-state index >= 15 is 0 Å². The van der Waals surface area contributed by atoms with Gasteiger partial charge in [-0.15, -0.1) is 0 Å². The molecule has 0 spiro atoms. The fraction of sp³-hybridized carbons (Fsp3) is 0. The number of hydrogen-bond acceptors (Lipinski definition) is 0. The Labute approximate surface area is 68.9 Å². The van der Waals surface area contributed by atoms with E-state index in [4.69, 9.17) is 0 Å². The standard InChI is InChI=1S/BH2.Co.Ta.Zr/h1H2;;;/q+1;;-1;. The molecule has 0 aromatic rings. The summed E-state index contributed by atoms with van der Waals surface area (Å²) in [6.45, 7) is 0. The molecule has 0 aliphatic heterocycles. The van der Waals surface area contributed by atoms with Crippen molar-refractivity contribution in [1.82, 2.24) is 0 Å². The average Bonchev–Trinajstić information content (AvgIpc) is 1.00. The van der Waals surface area contributed by atoms with Crippen LogP contribution in [0.15, 0.2) is 0 Å². The van der Waals surface area contributed by atoms with Gasteiger partial charge in [-0.3, -0.25) is 0 Å². The molecule has 0 N–H and O–H groups in total. The summed E-state index contributed by atoms with van der Waals surface area (Å²) in [5.41, 5.74) is 0. The van der Waals surface area contributed by atoms with Crippen LogP contribution in [-0.4, -0.2) is 5.93 Å². The van der Waals surface area contributed by atoms with Gasteiger partial charge in [0.05, 0.1) is 0 Å². The molecule has 0 aliphatic rings. The monoisotopic (exact) mass is 343 g/mol. The van der Waals surface area contributed by atoms with Crippen molar-refractivity contribution in [2.24, 2.45) is 0 Å². The smallest absolute Gasteiger partial charge is 0 e. The van der Waals surface area contributed by atoms with Crippen LogP contribution in [0.1, 0.15) is 0 Å². The van der Waals surface area contributed by atoms with Gasteiger partial charge in [0.15, 0.2) is 0 Å². The van der Waals surface area contributed by atoms with Crippen LogP contribution in [0.25, 0.3) is 0 Å². The maximum absolute atomic E-state index is 2.11. The molecular weight excluding hydrogens is 342 g/mol. The molecule has 4 heteroatoms. The molecule has 0 rings (SSSR count). The molecule has 0 unspecified atom stereocenters. The van der Waals surface area contributed by atoms with E-state index in [-0.39, 0.29) is 43.0 Å². The minimum absolute atomic E-state index is 0. The van der Waals surface area contributed by atoms with Crippen LogP contribution in [0.3, 0.4) is 0 Å². The van der Waals surface area contributed by atoms with Crippen molar-refractivity contribution in [3.8, 4) is 0 Å². The van der Waals surface area contributed by atoms with Crippen molar-refractivity contribution in [2.45, 2.75) is 0 Å². The third-order valence-electron chi connectivity index (χ3n) is 0. The molecule has 1 radical (unpaired) electrons. The fourth-order valence-corrected chi connectivity index (χ4v) is 0. The van der Waals surface area contributed by atoms with Crippen molar-refractivity contribution in [3.05, 3.63) is 0 Å². The summed E-state index contributed by atoms with van der Waals surface area (Å²) in [6, 6.07) is 0. The second-order valence-electron chi connectivity index (χ2n) is 0. The normalized spacial score (nSPS) is 1.00. The summed E-state index contributed by atoms with van der Waals surface area (Å²) in [7, 11) is 0. The van der Waals surface area contributed by atoms with Crippen molar-refractivity contribution in [1.29, 1.82) is 0 Å². The minimum atomic E-state index is 0. The zero-order valence-corrected chi connectivity index (χ0v) is 8.99. The topological polar surface area (TPSA) is 0 Å². The van der Waals surface area contributed by atoms with Gasteiger partial charge in [0.25, 0.3) is 0 Å². The van der Waals surface area contributed by atoms with Crippen molar-refractivity contribution in [3.63, 3.8) is 0 Å². The fourth-order valence-electron chi connectivity index (χ4n) is 0. The van der Waals surface area contributed by atoms with Crippen molar-refractivity contribution < 1.29 is 63.8 Å². The van der Waals surface area contributed by atoms with Gasteiger partial charge < -0.3 is 0 Å². The van der Waals surface area contributed by atoms with E-state index in [9.17, 15) is 0 Å². The molecule has 0 fully saturated rings. The molecule has 0 amide bonds. The number of hydrogen-bond donors (Lipinski definition) is 0. The SMILES string of the molecule is [BH2][Ta].[Co].[Zr]. The first-order valence-electron chi connectivity index (χ1n) is 0.447. The van der Waals surface area contributed by atoms with Gasteiger partial charge in [-0.05, 0) is 0 Å². The molecule has 0 saturated carbocycles. The molecule has 0 aliphatic carbocycles. The first-order chi connectivity index (χ1) is 1.00. The molecule has 23 valence electrons. The predicted octanol–water partition coefficient (Wildman–Crippen LogP) is -0.924. The third-order valence-corrected chi connectivity index (χ3v) is 0. The van der Waals surface area contributed by atoms with Gasteiger partial charge in [-0.2, -0.15) is 0 Å². The minimum Gasteiger partial charge on any atom is 0 e. The van der Waals surface area contributed by atoms with Crippen LogP contribution in [0.4, 0.5) is 0 Å². The molecule has 0 heterocycles. The molecule has 4 heavy (non-hydrogen) atoms. The summed E-state index contributed by atoms with van der Waals surface area (Å²) < 4.78 is 0. The molecule has 0 aromatic carbocycles. The Morgan fingerprint density at radius 2 is 1.25 bits per heavy atom. The third kappa shape index (κ3) is 8.89. The Balaban J connectivity index is -0.00000000500. The van der Waals surface area contributed by atoms with Crippen molar-refractivity contribution in [2.75, 3.05) is 0 Å². The summed E-state index contributed by atoms with van der Waals surface area (Å²) in [5, 5.41) is 0. The molecule has 0 saturated heterocycles. The number of rotatable bonds is 0. The zero-order valence-electron chi connectivity index (χ0n) is 2.28. The van der Waals surface area contributed by atoms with Crippen LogP contribution in [-0.2, 0) is 63.8 Å². The van der Waals surface area contributed by atoms with Crippen LogP contribution in [0, 0.1) is 0 Å². The van der Waals surface area contributed by atoms with E-state index in [0.717, 1.165) is 0 Å². The van der Waals surface area contributed by atoms with Gasteiger partial charge in [-0.1, -0.05) is 0 Å². The van der Waals surface area contributed by atoms with Gasteiger partial charge in [0, 0.05) is 43.0 Å². The zero-order chi connectivity index (χ0) is 2.00. The summed E-state index contributed by atoms with van der Waals surface area (Å²) in [4.78, 5) is 0. The van der Waals surface area contributed by atoms with Crippen LogP contribution in [0.5, 0.6) is 0 Å². The van der Waals surface area contributed by atoms with E-state index in [1.807, 2.05) is 0 Å². The molecule has 0 nitrogen and oxygen atoms in total. The Morgan fingerprint density at radius 3 is 1.25 bits per heavy atom. The van der Waals surface area contributed by atoms with Gasteiger partial charge in [-0.25, -0.2) is 0 Å². The average molecular weight is 344 g/mol. The predicted molar refractivity (Wildman–Crippen MR) is 8.54 cm³/mol. The molecular formula is H2BCoTaZr.